The molecule has 1 amide bonds. The molecule has 0 heterocycles. The fraction of sp³-hybridized carbons (Fsp3) is 0.750. The number of hydrogen-bond donors (Lipinski definition) is 2. The number of hydrogen-bond acceptors (Lipinski definition) is 6. The molecule has 0 fully saturated rings. The molecule has 0 aromatic heterocycles. The summed E-state index contributed by atoms with van der Waals surface area (Å²) in [7, 11) is 1.25. The first-order valence-electron chi connectivity index (χ1n) is 28.4. The van der Waals surface area contributed by atoms with Gasteiger partial charge in [-0.2, -0.15) is 0 Å². The Bertz CT molecular complexity index is 1400. The molecule has 0 radical (unpaired) electrons. The average molecular weight is 986 g/mol. The molecule has 0 rings (SSSR count). The van der Waals surface area contributed by atoms with E-state index in [4.69, 9.17) is 9.05 Å². The van der Waals surface area contributed by atoms with Crippen LogP contribution in [0.4, 0.5) is 0 Å². The first-order valence-corrected chi connectivity index (χ1v) is 29.9. The van der Waals surface area contributed by atoms with Crippen molar-refractivity contribution in [2.75, 3.05) is 40.9 Å². The SMILES string of the molecule is CC/C=C\C/C=C\C/C=C\C/C=C\C/C=C\C/C=C\CCCCCCCCCCCCC(=O)NC(COP(=O)([O-])OCC[N+](C)(C)C)C(O)/C=C/CCCCCCCCCCCCCCCCCC. The summed E-state index contributed by atoms with van der Waals surface area (Å²) in [6.45, 7) is 4.54. The van der Waals surface area contributed by atoms with E-state index < -0.39 is 20.0 Å². The smallest absolute Gasteiger partial charge is 0.268 e. The summed E-state index contributed by atoms with van der Waals surface area (Å²) in [5, 5.41) is 13.9. The Morgan fingerprint density at radius 1 is 0.522 bits per heavy atom. The molecule has 2 N–H and O–H groups in total. The number of amides is 1. The van der Waals surface area contributed by atoms with Gasteiger partial charge in [0.1, 0.15) is 13.2 Å². The molecule has 0 aromatic carbocycles. The number of phosphoric ester groups is 1. The van der Waals surface area contributed by atoms with E-state index in [9.17, 15) is 19.4 Å². The summed E-state index contributed by atoms with van der Waals surface area (Å²) in [6.07, 6.45) is 70.7. The van der Waals surface area contributed by atoms with Crippen LogP contribution < -0.4 is 10.2 Å². The minimum Gasteiger partial charge on any atom is -0.756 e. The van der Waals surface area contributed by atoms with Crippen molar-refractivity contribution in [3.05, 3.63) is 85.1 Å². The van der Waals surface area contributed by atoms with E-state index in [-0.39, 0.29) is 19.1 Å². The highest BCUT2D eigenvalue weighted by molar-refractivity contribution is 7.45. The molecule has 9 heteroatoms. The molecule has 0 aliphatic carbocycles. The van der Waals surface area contributed by atoms with Gasteiger partial charge in [0, 0.05) is 6.42 Å². The van der Waals surface area contributed by atoms with Crippen LogP contribution in [-0.4, -0.2) is 68.5 Å². The zero-order chi connectivity index (χ0) is 50.6. The van der Waals surface area contributed by atoms with Crippen LogP contribution in [0, 0.1) is 0 Å². The molecular formula is C60H109N2O6P. The zero-order valence-corrected chi connectivity index (χ0v) is 46.4. The third kappa shape index (κ3) is 53.3. The van der Waals surface area contributed by atoms with Gasteiger partial charge in [-0.15, -0.1) is 0 Å². The van der Waals surface area contributed by atoms with E-state index in [2.05, 4.69) is 92.1 Å². The molecule has 0 aromatic rings. The number of aliphatic hydroxyl groups is 1. The van der Waals surface area contributed by atoms with Crippen LogP contribution in [0.5, 0.6) is 0 Å². The lowest BCUT2D eigenvalue weighted by Gasteiger charge is -2.29. The molecule has 0 spiro atoms. The molecule has 0 bridgehead atoms. The molecule has 0 saturated carbocycles. The normalized spacial score (nSPS) is 14.6. The lowest BCUT2D eigenvalue weighted by Crippen LogP contribution is -2.45. The van der Waals surface area contributed by atoms with Crippen LogP contribution in [0.3, 0.4) is 0 Å². The lowest BCUT2D eigenvalue weighted by molar-refractivity contribution is -0.870. The average Bonchev–Trinajstić information content (AvgIpc) is 3.31. The maximum atomic E-state index is 13.0. The molecule has 400 valence electrons. The number of allylic oxidation sites excluding steroid dienone is 13. The van der Waals surface area contributed by atoms with Crippen molar-refractivity contribution >= 4 is 13.7 Å². The Morgan fingerprint density at radius 3 is 1.29 bits per heavy atom. The quantitative estimate of drug-likeness (QED) is 0.0272. The topological polar surface area (TPSA) is 108 Å². The van der Waals surface area contributed by atoms with Gasteiger partial charge >= 0.3 is 0 Å². The van der Waals surface area contributed by atoms with Gasteiger partial charge in [-0.3, -0.25) is 9.36 Å². The molecule has 69 heavy (non-hydrogen) atoms. The fourth-order valence-electron chi connectivity index (χ4n) is 7.92. The minimum atomic E-state index is -4.60. The van der Waals surface area contributed by atoms with Crippen LogP contribution in [0.1, 0.15) is 239 Å². The van der Waals surface area contributed by atoms with Crippen LogP contribution >= 0.6 is 7.82 Å². The second kappa shape index (κ2) is 50.6. The van der Waals surface area contributed by atoms with Crippen molar-refractivity contribution in [2.24, 2.45) is 0 Å². The van der Waals surface area contributed by atoms with Gasteiger partial charge < -0.3 is 28.8 Å². The van der Waals surface area contributed by atoms with Gasteiger partial charge in [0.25, 0.3) is 7.82 Å². The second-order valence-corrected chi connectivity index (χ2v) is 21.7. The molecule has 0 aliphatic heterocycles. The number of carbonyl (C=O) groups is 1. The van der Waals surface area contributed by atoms with Crippen molar-refractivity contribution in [3.8, 4) is 0 Å². The Morgan fingerprint density at radius 2 is 0.884 bits per heavy atom. The van der Waals surface area contributed by atoms with Gasteiger partial charge in [0.2, 0.25) is 5.91 Å². The number of rotatable bonds is 51. The molecule has 0 saturated heterocycles. The first-order chi connectivity index (χ1) is 33.5. The predicted molar refractivity (Wildman–Crippen MR) is 297 cm³/mol. The summed E-state index contributed by atoms with van der Waals surface area (Å²) >= 11 is 0. The van der Waals surface area contributed by atoms with Crippen LogP contribution in [-0.2, 0) is 18.4 Å². The summed E-state index contributed by atoms with van der Waals surface area (Å²) in [5.41, 5.74) is 0. The van der Waals surface area contributed by atoms with Crippen molar-refractivity contribution in [3.63, 3.8) is 0 Å². The second-order valence-electron chi connectivity index (χ2n) is 20.3. The zero-order valence-electron chi connectivity index (χ0n) is 45.5. The van der Waals surface area contributed by atoms with Crippen molar-refractivity contribution in [1.82, 2.24) is 5.32 Å². The predicted octanol–water partition coefficient (Wildman–Crippen LogP) is 16.6. The summed E-state index contributed by atoms with van der Waals surface area (Å²) < 4.78 is 23.3. The minimum absolute atomic E-state index is 0.00516. The standard InChI is InChI=1S/C60H109N2O6P/c1-6-8-10-12-14-16-18-20-22-24-26-27-28-29-30-31-32-33-34-35-36-38-40-42-44-46-48-50-52-54-60(64)61-58(57-68-69(65,66)67-56-55-62(3,4)5)59(63)53-51-49-47-45-43-41-39-37-25-23-21-19-17-15-13-11-9-7-2/h8,10,14,16,20,22,26-27,29-30,32-33,51,53,58-59,63H,6-7,9,11-13,15,17-19,21,23-25,28,31,34-50,52,54-57H2,1-5H3,(H-,61,64,65,66)/b10-8-,16-14-,22-20-,27-26-,30-29-,33-32-,53-51+. The van der Waals surface area contributed by atoms with Crippen molar-refractivity contribution in [2.45, 2.75) is 251 Å². The third-order valence-corrected chi connectivity index (χ3v) is 13.3. The fourth-order valence-corrected chi connectivity index (χ4v) is 8.64. The Kier molecular flexibility index (Phi) is 48.9. The Hall–Kier alpha value is -2.32. The first kappa shape index (κ1) is 66.7. The van der Waals surface area contributed by atoms with Crippen LogP contribution in [0.15, 0.2) is 85.1 Å². The van der Waals surface area contributed by atoms with Crippen molar-refractivity contribution < 1.29 is 32.9 Å². The Labute approximate surface area is 426 Å². The van der Waals surface area contributed by atoms with E-state index in [1.54, 1.807) is 6.08 Å². The van der Waals surface area contributed by atoms with Crippen molar-refractivity contribution in [1.29, 1.82) is 0 Å². The van der Waals surface area contributed by atoms with E-state index in [1.807, 2.05) is 27.2 Å². The molecule has 3 unspecified atom stereocenters. The summed E-state index contributed by atoms with van der Waals surface area (Å²) in [6, 6.07) is -0.894. The van der Waals surface area contributed by atoms with Crippen LogP contribution in [0.2, 0.25) is 0 Å². The maximum Gasteiger partial charge on any atom is 0.268 e. The lowest BCUT2D eigenvalue weighted by atomic mass is 10.0. The number of carbonyl (C=O) groups excluding carboxylic acids is 1. The maximum absolute atomic E-state index is 13.0. The highest BCUT2D eigenvalue weighted by atomic mass is 31.2. The largest absolute Gasteiger partial charge is 0.756 e. The highest BCUT2D eigenvalue weighted by Crippen LogP contribution is 2.38. The van der Waals surface area contributed by atoms with Gasteiger partial charge in [0.05, 0.1) is 39.9 Å². The summed E-state index contributed by atoms with van der Waals surface area (Å²) in [4.78, 5) is 25.5. The number of unbranched alkanes of at least 4 members (excludes halogenated alkanes) is 26. The number of phosphoric acid groups is 1. The molecular weight excluding hydrogens is 876 g/mol. The molecule has 8 nitrogen and oxygen atoms in total. The number of nitrogens with one attached hydrogen (secondary N) is 1. The van der Waals surface area contributed by atoms with Gasteiger partial charge in [-0.05, 0) is 70.6 Å². The van der Waals surface area contributed by atoms with Crippen LogP contribution in [0.25, 0.3) is 0 Å². The van der Waals surface area contributed by atoms with Gasteiger partial charge in [0.15, 0.2) is 0 Å². The van der Waals surface area contributed by atoms with E-state index in [0.29, 0.717) is 17.4 Å². The Balaban J connectivity index is 4.23. The number of quaternary nitrogens is 1. The van der Waals surface area contributed by atoms with Gasteiger partial charge in [-0.25, -0.2) is 0 Å². The number of likely N-dealkylation sites (N-methyl/N-ethyl adjacent to an activating group) is 1. The highest BCUT2D eigenvalue weighted by Gasteiger charge is 2.23. The van der Waals surface area contributed by atoms with E-state index in [1.165, 1.54) is 135 Å². The number of aliphatic hydroxyl groups excluding tert-OH is 1. The summed E-state index contributed by atoms with van der Waals surface area (Å²) in [5.74, 6) is -0.204. The van der Waals surface area contributed by atoms with Gasteiger partial charge in [-0.1, -0.05) is 247 Å². The van der Waals surface area contributed by atoms with E-state index >= 15 is 0 Å². The molecule has 3 atom stereocenters. The van der Waals surface area contributed by atoms with E-state index in [0.717, 1.165) is 83.5 Å². The molecule has 0 aliphatic rings. The monoisotopic (exact) mass is 985 g/mol. The third-order valence-electron chi connectivity index (χ3n) is 12.4. The number of nitrogens with zero attached hydrogens (tertiary/aromatic N) is 1.